The molecule has 0 bridgehead atoms. The summed E-state index contributed by atoms with van der Waals surface area (Å²) in [6.45, 7) is -0.315. The first-order valence-electron chi connectivity index (χ1n) is 12.1. The van der Waals surface area contributed by atoms with Gasteiger partial charge in [0.15, 0.2) is 0 Å². The Morgan fingerprint density at radius 1 is 0.950 bits per heavy atom. The zero-order valence-corrected chi connectivity index (χ0v) is 23.6. The summed E-state index contributed by atoms with van der Waals surface area (Å²) in [6.07, 6.45) is 0. The molecule has 1 aromatic heterocycles. The number of nitrogens with zero attached hydrogens (tertiary/aromatic N) is 2. The van der Waals surface area contributed by atoms with Gasteiger partial charge in [0.1, 0.15) is 23.4 Å². The van der Waals surface area contributed by atoms with Crippen LogP contribution in [0.25, 0.3) is 0 Å². The van der Waals surface area contributed by atoms with E-state index in [9.17, 15) is 28.7 Å². The summed E-state index contributed by atoms with van der Waals surface area (Å²) in [6, 6.07) is 18.4. The fraction of sp³-hybridized carbons (Fsp3) is 0.143. The summed E-state index contributed by atoms with van der Waals surface area (Å²) >= 11 is 5.39. The smallest absolute Gasteiger partial charge is 0.308 e. The number of nitrogens with one attached hydrogen (secondary N) is 1. The first kappa shape index (κ1) is 26.5. The molecule has 2 aliphatic rings. The van der Waals surface area contributed by atoms with Crippen molar-refractivity contribution in [2.75, 3.05) is 10.2 Å². The summed E-state index contributed by atoms with van der Waals surface area (Å²) < 4.78 is 15.9. The van der Waals surface area contributed by atoms with Crippen LogP contribution < -0.4 is 15.1 Å². The van der Waals surface area contributed by atoms with Gasteiger partial charge in [-0.1, -0.05) is 51.2 Å². The van der Waals surface area contributed by atoms with E-state index in [4.69, 9.17) is 0 Å². The maximum Gasteiger partial charge on any atom is 0.308 e. The number of amides is 3. The lowest BCUT2D eigenvalue weighted by Crippen LogP contribution is -2.33. The van der Waals surface area contributed by atoms with Crippen LogP contribution in [0.1, 0.15) is 16.4 Å². The molecule has 0 saturated carbocycles. The Bertz CT molecular complexity index is 1700. The van der Waals surface area contributed by atoms with Crippen molar-refractivity contribution < 1.29 is 23.9 Å². The van der Waals surface area contributed by atoms with Crippen molar-refractivity contribution in [1.29, 1.82) is 0 Å². The maximum absolute atomic E-state index is 13.8. The standard InChI is InChI=1S/C28H19BrFN3O5S2/c29-15-3-9-18(10-4-15)33-25(36)22-21(14-1-5-16(30)6-2-14)24-27(39-23(22)26(33)37)32(28(38)40-24)13-20(35)31-17-7-11-19(34)12-8-17/h1-12,21-23,34H,13H2,(H,31,35)/t21-,22?,23?/m1/s1. The number of thioether (sulfide) groups is 1. The van der Waals surface area contributed by atoms with Crippen LogP contribution in [0.3, 0.4) is 0 Å². The van der Waals surface area contributed by atoms with Gasteiger partial charge in [0.05, 0.1) is 16.6 Å². The minimum Gasteiger partial charge on any atom is -0.508 e. The van der Waals surface area contributed by atoms with E-state index in [1.807, 2.05) is 0 Å². The molecule has 2 N–H and O–H groups in total. The Morgan fingerprint density at radius 3 is 2.30 bits per heavy atom. The number of carbonyl (C=O) groups is 3. The highest BCUT2D eigenvalue weighted by Crippen LogP contribution is 2.53. The second-order valence-electron chi connectivity index (χ2n) is 9.30. The number of phenols is 1. The Labute approximate surface area is 243 Å². The predicted molar refractivity (Wildman–Crippen MR) is 153 cm³/mol. The Kier molecular flexibility index (Phi) is 6.85. The van der Waals surface area contributed by atoms with Crippen molar-refractivity contribution in [2.45, 2.75) is 22.7 Å². The molecule has 2 aliphatic heterocycles. The van der Waals surface area contributed by atoms with Crippen molar-refractivity contribution in [2.24, 2.45) is 5.92 Å². The van der Waals surface area contributed by atoms with Gasteiger partial charge in [-0.05, 0) is 66.2 Å². The fourth-order valence-electron chi connectivity index (χ4n) is 5.02. The average Bonchev–Trinajstić information content (AvgIpc) is 3.37. The first-order chi connectivity index (χ1) is 19.2. The van der Waals surface area contributed by atoms with E-state index < -0.39 is 45.5 Å². The van der Waals surface area contributed by atoms with Crippen molar-refractivity contribution in [3.8, 4) is 5.75 Å². The van der Waals surface area contributed by atoms with Crippen LogP contribution in [0, 0.1) is 11.7 Å². The summed E-state index contributed by atoms with van der Waals surface area (Å²) in [5.41, 5.74) is 1.47. The van der Waals surface area contributed by atoms with Crippen LogP contribution in [-0.2, 0) is 20.9 Å². The number of hydrogen-bond acceptors (Lipinski definition) is 7. The molecule has 0 spiro atoms. The molecular formula is C28H19BrFN3O5S2. The number of aromatic hydroxyl groups is 1. The number of aromatic nitrogens is 1. The fourth-order valence-corrected chi connectivity index (χ4v) is 8.06. The van der Waals surface area contributed by atoms with Gasteiger partial charge in [-0.3, -0.25) is 23.7 Å². The molecule has 3 heterocycles. The van der Waals surface area contributed by atoms with Gasteiger partial charge in [-0.25, -0.2) is 9.29 Å². The Morgan fingerprint density at radius 2 is 1.62 bits per heavy atom. The number of imide groups is 1. The number of carbonyl (C=O) groups excluding carboxylic acids is 3. The second-order valence-corrected chi connectivity index (χ2v) is 12.3. The molecule has 6 rings (SSSR count). The van der Waals surface area contributed by atoms with Gasteiger partial charge in [0.25, 0.3) is 0 Å². The number of thiazole rings is 1. The highest BCUT2D eigenvalue weighted by atomic mass is 79.9. The summed E-state index contributed by atoms with van der Waals surface area (Å²) in [7, 11) is 0. The number of fused-ring (bicyclic) bond motifs is 2. The summed E-state index contributed by atoms with van der Waals surface area (Å²) in [5.74, 6) is -3.20. The van der Waals surface area contributed by atoms with Gasteiger partial charge in [-0.15, -0.1) is 0 Å². The van der Waals surface area contributed by atoms with E-state index in [1.54, 1.807) is 36.4 Å². The molecule has 3 amide bonds. The Balaban J connectivity index is 1.40. The lowest BCUT2D eigenvalue weighted by atomic mass is 9.83. The van der Waals surface area contributed by atoms with Crippen molar-refractivity contribution in [3.05, 3.63) is 103 Å². The highest BCUT2D eigenvalue weighted by molar-refractivity contribution is 9.10. The van der Waals surface area contributed by atoms with Gasteiger partial charge >= 0.3 is 4.87 Å². The molecular weight excluding hydrogens is 621 g/mol. The minimum absolute atomic E-state index is 0.0480. The van der Waals surface area contributed by atoms with Crippen LogP contribution in [-0.4, -0.2) is 32.6 Å². The van der Waals surface area contributed by atoms with Crippen LogP contribution in [0.2, 0.25) is 0 Å². The molecule has 0 aliphatic carbocycles. The van der Waals surface area contributed by atoms with Crippen LogP contribution in [0.5, 0.6) is 5.75 Å². The lowest BCUT2D eigenvalue weighted by molar-refractivity contribution is -0.122. The molecule has 202 valence electrons. The molecule has 3 atom stereocenters. The first-order valence-corrected chi connectivity index (χ1v) is 14.6. The topological polar surface area (TPSA) is 109 Å². The van der Waals surface area contributed by atoms with Crippen LogP contribution in [0.4, 0.5) is 15.8 Å². The second kappa shape index (κ2) is 10.3. The summed E-state index contributed by atoms with van der Waals surface area (Å²) in [5, 5.41) is 11.8. The third kappa shape index (κ3) is 4.65. The maximum atomic E-state index is 13.8. The minimum atomic E-state index is -0.848. The summed E-state index contributed by atoms with van der Waals surface area (Å²) in [4.78, 5) is 54.9. The monoisotopic (exact) mass is 639 g/mol. The molecule has 0 radical (unpaired) electrons. The average molecular weight is 641 g/mol. The van der Waals surface area contributed by atoms with E-state index >= 15 is 0 Å². The van der Waals surface area contributed by atoms with Crippen LogP contribution in [0.15, 0.2) is 87.1 Å². The van der Waals surface area contributed by atoms with Crippen molar-refractivity contribution >= 4 is 68.1 Å². The SMILES string of the molecule is O=C(Cn1c2c(sc1=O)[C@H](c1ccc(F)cc1)C1C(=O)N(c3ccc(Br)cc3)C(=O)C1S2)Nc1ccc(O)cc1. The lowest BCUT2D eigenvalue weighted by Gasteiger charge is -2.30. The number of benzene rings is 3. The molecule has 3 aromatic carbocycles. The Hall–Kier alpha value is -3.74. The number of anilines is 2. The van der Waals surface area contributed by atoms with Gasteiger partial charge in [-0.2, -0.15) is 0 Å². The number of rotatable bonds is 5. The quantitative estimate of drug-likeness (QED) is 0.236. The van der Waals surface area contributed by atoms with Gasteiger partial charge in [0.2, 0.25) is 17.7 Å². The van der Waals surface area contributed by atoms with E-state index in [1.165, 1.54) is 45.9 Å². The predicted octanol–water partition coefficient (Wildman–Crippen LogP) is 4.95. The van der Waals surface area contributed by atoms with Gasteiger partial charge in [0, 0.05) is 21.0 Å². The molecule has 1 fully saturated rings. The van der Waals surface area contributed by atoms with E-state index in [2.05, 4.69) is 21.2 Å². The van der Waals surface area contributed by atoms with E-state index in [0.29, 0.717) is 26.8 Å². The third-order valence-corrected chi connectivity index (χ3v) is 9.95. The zero-order valence-electron chi connectivity index (χ0n) is 20.4. The van der Waals surface area contributed by atoms with Crippen molar-refractivity contribution in [3.63, 3.8) is 0 Å². The number of halogens is 2. The molecule has 40 heavy (non-hydrogen) atoms. The molecule has 4 aromatic rings. The molecule has 8 nitrogen and oxygen atoms in total. The van der Waals surface area contributed by atoms with Crippen molar-refractivity contribution in [1.82, 2.24) is 4.57 Å². The molecule has 2 unspecified atom stereocenters. The highest BCUT2D eigenvalue weighted by Gasteiger charge is 2.56. The molecule has 1 saturated heterocycles. The number of hydrogen-bond donors (Lipinski definition) is 2. The number of phenolic OH excluding ortho intramolecular Hbond substituents is 1. The van der Waals surface area contributed by atoms with Crippen LogP contribution >= 0.6 is 39.0 Å². The van der Waals surface area contributed by atoms with Gasteiger partial charge < -0.3 is 10.4 Å². The molecule has 12 heteroatoms. The van der Waals surface area contributed by atoms with E-state index in [0.717, 1.165) is 27.6 Å². The third-order valence-electron chi connectivity index (χ3n) is 6.82. The zero-order chi connectivity index (χ0) is 28.1. The van der Waals surface area contributed by atoms with E-state index in [-0.39, 0.29) is 12.3 Å². The largest absolute Gasteiger partial charge is 0.508 e. The normalized spacial score (nSPS) is 19.9.